The van der Waals surface area contributed by atoms with Crippen LogP contribution in [-0.4, -0.2) is 25.1 Å². The van der Waals surface area contributed by atoms with E-state index in [0.717, 1.165) is 10.5 Å². The highest BCUT2D eigenvalue weighted by molar-refractivity contribution is 8.13. The number of rotatable bonds is 2. The molecule has 1 aliphatic rings. The van der Waals surface area contributed by atoms with E-state index in [9.17, 15) is 18.0 Å². The first kappa shape index (κ1) is 14.7. The van der Waals surface area contributed by atoms with E-state index in [-0.39, 0.29) is 22.9 Å². The number of benzene rings is 2. The lowest BCUT2D eigenvalue weighted by Crippen LogP contribution is -2.31. The molecule has 0 N–H and O–H groups in total. The number of amides is 2. The maximum Gasteiger partial charge on any atom is 0.261 e. The zero-order valence-corrected chi connectivity index (χ0v) is 12.8. The van der Waals surface area contributed by atoms with E-state index < -0.39 is 15.0 Å². The van der Waals surface area contributed by atoms with Crippen LogP contribution in [-0.2, 0) is 15.6 Å². The van der Waals surface area contributed by atoms with Gasteiger partial charge in [-0.3, -0.25) is 14.5 Å². The van der Waals surface area contributed by atoms with Gasteiger partial charge in [0, 0.05) is 21.8 Å². The van der Waals surface area contributed by atoms with Gasteiger partial charge in [-0.05, 0) is 35.9 Å². The van der Waals surface area contributed by atoms with Gasteiger partial charge in [0.05, 0.1) is 11.4 Å². The van der Waals surface area contributed by atoms with E-state index in [2.05, 4.69) is 0 Å². The molecule has 5 nitrogen and oxygen atoms in total. The highest BCUT2D eigenvalue weighted by atomic mass is 35.7. The van der Waals surface area contributed by atoms with Crippen LogP contribution in [0, 0.1) is 0 Å². The fourth-order valence-electron chi connectivity index (χ4n) is 2.33. The Morgan fingerprint density at radius 2 is 1.68 bits per heavy atom. The largest absolute Gasteiger partial charge is 0.270 e. The first-order chi connectivity index (χ1) is 10.4. The Morgan fingerprint density at radius 3 is 2.27 bits per heavy atom. The first-order valence-corrected chi connectivity index (χ1v) is 8.68. The normalized spacial score (nSPS) is 14.0. The second-order valence-corrected chi connectivity index (χ2v) is 7.38. The highest BCUT2D eigenvalue weighted by Gasteiger charge is 2.32. The minimum Gasteiger partial charge on any atom is -0.270 e. The van der Waals surface area contributed by atoms with Crippen LogP contribution >= 0.6 is 10.7 Å². The Balaban J connectivity index is 1.89. The molecule has 2 aromatic carbocycles. The van der Waals surface area contributed by atoms with Crippen molar-refractivity contribution in [2.75, 3.05) is 0 Å². The average Bonchev–Trinajstić information content (AvgIpc) is 2.83. The van der Waals surface area contributed by atoms with Gasteiger partial charge >= 0.3 is 0 Å². The van der Waals surface area contributed by atoms with Crippen molar-refractivity contribution in [3.8, 4) is 0 Å². The standard InChI is InChI=1S/C15H10ClNO4S/c16-22(20,21)12-7-5-10(6-8-12)14(18)17-9-11-3-1-2-4-13(11)15(17)19/h1-8H,9H2. The van der Waals surface area contributed by atoms with Crippen molar-refractivity contribution >= 4 is 31.5 Å². The van der Waals surface area contributed by atoms with Gasteiger partial charge in [0.1, 0.15) is 0 Å². The molecule has 1 aliphatic heterocycles. The van der Waals surface area contributed by atoms with Gasteiger partial charge in [-0.1, -0.05) is 18.2 Å². The fourth-order valence-corrected chi connectivity index (χ4v) is 3.10. The van der Waals surface area contributed by atoms with Crippen molar-refractivity contribution in [2.45, 2.75) is 11.4 Å². The molecule has 0 spiro atoms. The molecular formula is C15H10ClNO4S. The van der Waals surface area contributed by atoms with E-state index in [1.165, 1.54) is 24.3 Å². The molecule has 0 aliphatic carbocycles. The molecule has 0 atom stereocenters. The minimum absolute atomic E-state index is 0.0956. The molecule has 0 saturated heterocycles. The monoisotopic (exact) mass is 335 g/mol. The summed E-state index contributed by atoms with van der Waals surface area (Å²) in [5.41, 5.74) is 1.53. The summed E-state index contributed by atoms with van der Waals surface area (Å²) >= 11 is 0. The van der Waals surface area contributed by atoms with Crippen LogP contribution in [0.15, 0.2) is 53.4 Å². The lowest BCUT2D eigenvalue weighted by molar-refractivity contribution is 0.0631. The molecule has 0 fully saturated rings. The van der Waals surface area contributed by atoms with Crippen LogP contribution in [0.25, 0.3) is 0 Å². The van der Waals surface area contributed by atoms with Crippen molar-refractivity contribution in [3.63, 3.8) is 0 Å². The van der Waals surface area contributed by atoms with Crippen molar-refractivity contribution in [1.82, 2.24) is 4.90 Å². The van der Waals surface area contributed by atoms with Gasteiger partial charge in [0.2, 0.25) is 0 Å². The molecule has 0 bridgehead atoms. The van der Waals surface area contributed by atoms with E-state index in [4.69, 9.17) is 10.7 Å². The second-order valence-electron chi connectivity index (χ2n) is 4.82. The Morgan fingerprint density at radius 1 is 1.05 bits per heavy atom. The predicted octanol–water partition coefficient (Wildman–Crippen LogP) is 2.41. The molecular weight excluding hydrogens is 326 g/mol. The molecule has 7 heteroatoms. The summed E-state index contributed by atoms with van der Waals surface area (Å²) in [6.07, 6.45) is 0. The summed E-state index contributed by atoms with van der Waals surface area (Å²) in [5.74, 6) is -0.825. The molecule has 0 radical (unpaired) electrons. The maximum atomic E-state index is 12.4. The zero-order chi connectivity index (χ0) is 15.9. The molecule has 3 rings (SSSR count). The van der Waals surface area contributed by atoms with E-state index in [1.807, 2.05) is 0 Å². The van der Waals surface area contributed by atoms with Gasteiger partial charge in [-0.15, -0.1) is 0 Å². The number of halogens is 1. The predicted molar refractivity (Wildman–Crippen MR) is 80.1 cm³/mol. The topological polar surface area (TPSA) is 71.5 Å². The highest BCUT2D eigenvalue weighted by Crippen LogP contribution is 2.24. The molecule has 0 saturated carbocycles. The van der Waals surface area contributed by atoms with Gasteiger partial charge in [0.15, 0.2) is 0 Å². The van der Waals surface area contributed by atoms with Crippen LogP contribution in [0.4, 0.5) is 0 Å². The number of hydrogen-bond acceptors (Lipinski definition) is 4. The Kier molecular flexibility index (Phi) is 3.50. The van der Waals surface area contributed by atoms with Crippen molar-refractivity contribution in [2.24, 2.45) is 0 Å². The number of nitrogens with zero attached hydrogens (tertiary/aromatic N) is 1. The van der Waals surface area contributed by atoms with E-state index in [1.54, 1.807) is 24.3 Å². The van der Waals surface area contributed by atoms with Crippen molar-refractivity contribution in [3.05, 3.63) is 65.2 Å². The Labute approximate surface area is 131 Å². The Hall–Kier alpha value is -2.18. The third-order valence-corrected chi connectivity index (χ3v) is 4.82. The molecule has 0 aromatic heterocycles. The average molecular weight is 336 g/mol. The van der Waals surface area contributed by atoms with Gasteiger partial charge in [0.25, 0.3) is 20.9 Å². The van der Waals surface area contributed by atoms with Gasteiger partial charge < -0.3 is 0 Å². The van der Waals surface area contributed by atoms with Crippen molar-refractivity contribution in [1.29, 1.82) is 0 Å². The van der Waals surface area contributed by atoms with Crippen LogP contribution in [0.3, 0.4) is 0 Å². The third-order valence-electron chi connectivity index (χ3n) is 3.45. The van der Waals surface area contributed by atoms with Crippen LogP contribution in [0.5, 0.6) is 0 Å². The summed E-state index contributed by atoms with van der Waals surface area (Å²) in [7, 11) is 1.39. The molecule has 22 heavy (non-hydrogen) atoms. The van der Waals surface area contributed by atoms with Crippen LogP contribution < -0.4 is 0 Å². The third kappa shape index (κ3) is 2.51. The molecule has 2 amide bonds. The Bertz CT molecular complexity index is 875. The van der Waals surface area contributed by atoms with Gasteiger partial charge in [-0.25, -0.2) is 8.42 Å². The fraction of sp³-hybridized carbons (Fsp3) is 0.0667. The van der Waals surface area contributed by atoms with E-state index in [0.29, 0.717) is 5.56 Å². The lowest BCUT2D eigenvalue weighted by atomic mass is 10.1. The first-order valence-electron chi connectivity index (χ1n) is 6.37. The summed E-state index contributed by atoms with van der Waals surface area (Å²) in [4.78, 5) is 25.7. The molecule has 1 heterocycles. The summed E-state index contributed by atoms with van der Waals surface area (Å²) in [5, 5.41) is 0. The van der Waals surface area contributed by atoms with Gasteiger partial charge in [-0.2, -0.15) is 0 Å². The number of carbonyl (C=O) groups is 2. The second kappa shape index (κ2) is 5.23. The number of carbonyl (C=O) groups excluding carboxylic acids is 2. The molecule has 2 aromatic rings. The smallest absolute Gasteiger partial charge is 0.261 e. The lowest BCUT2D eigenvalue weighted by Gasteiger charge is -2.13. The summed E-state index contributed by atoms with van der Waals surface area (Å²) in [6.45, 7) is 0.212. The van der Waals surface area contributed by atoms with Crippen molar-refractivity contribution < 1.29 is 18.0 Å². The number of imide groups is 1. The zero-order valence-electron chi connectivity index (χ0n) is 11.2. The number of hydrogen-bond donors (Lipinski definition) is 0. The minimum atomic E-state index is -3.84. The SMILES string of the molecule is O=C(c1ccc(S(=O)(=O)Cl)cc1)N1Cc2ccccc2C1=O. The molecule has 112 valence electrons. The summed E-state index contributed by atoms with van der Waals surface area (Å²) < 4.78 is 22.4. The molecule has 0 unspecified atom stereocenters. The van der Waals surface area contributed by atoms with Crippen LogP contribution in [0.2, 0.25) is 0 Å². The van der Waals surface area contributed by atoms with E-state index >= 15 is 0 Å². The summed E-state index contributed by atoms with van der Waals surface area (Å²) in [6, 6.07) is 12.2. The van der Waals surface area contributed by atoms with Crippen LogP contribution in [0.1, 0.15) is 26.3 Å². The number of fused-ring (bicyclic) bond motifs is 1. The quantitative estimate of drug-likeness (QED) is 0.624. The maximum absolute atomic E-state index is 12.4.